The van der Waals surface area contributed by atoms with Crippen LogP contribution in [0, 0.1) is 12.7 Å². The van der Waals surface area contributed by atoms with Gasteiger partial charge in [-0.2, -0.15) is 0 Å². The molecule has 0 saturated carbocycles. The molecule has 1 aromatic carbocycles. The average molecular weight is 344 g/mol. The number of anilines is 1. The lowest BCUT2D eigenvalue weighted by Crippen LogP contribution is -2.25. The minimum atomic E-state index is -0.565. The number of aromatic nitrogens is 2. The Morgan fingerprint density at radius 1 is 1.28 bits per heavy atom. The lowest BCUT2D eigenvalue weighted by Gasteiger charge is -2.16. The summed E-state index contributed by atoms with van der Waals surface area (Å²) in [6, 6.07) is 5.96. The predicted molar refractivity (Wildman–Crippen MR) is 92.3 cm³/mol. The van der Waals surface area contributed by atoms with Crippen molar-refractivity contribution in [1.29, 1.82) is 0 Å². The van der Waals surface area contributed by atoms with Gasteiger partial charge < -0.3 is 15.0 Å². The summed E-state index contributed by atoms with van der Waals surface area (Å²) in [5.74, 6) is -0.111. The van der Waals surface area contributed by atoms with E-state index in [-0.39, 0.29) is 23.8 Å². The third kappa shape index (κ3) is 4.04. The molecule has 1 aliphatic rings. The molecule has 7 heteroatoms. The Kier molecular flexibility index (Phi) is 5.11. The molecule has 0 bridgehead atoms. The van der Waals surface area contributed by atoms with E-state index >= 15 is 0 Å². The number of nitrogens with one attached hydrogen (secondary N) is 1. The van der Waals surface area contributed by atoms with E-state index in [4.69, 9.17) is 4.74 Å². The smallest absolute Gasteiger partial charge is 0.251 e. The zero-order chi connectivity index (χ0) is 17.8. The van der Waals surface area contributed by atoms with Crippen molar-refractivity contribution < 1.29 is 13.9 Å². The zero-order valence-corrected chi connectivity index (χ0v) is 14.4. The van der Waals surface area contributed by atoms with Gasteiger partial charge in [0.05, 0.1) is 19.3 Å². The van der Waals surface area contributed by atoms with Gasteiger partial charge in [-0.1, -0.05) is 0 Å². The molecule has 2 aromatic rings. The van der Waals surface area contributed by atoms with E-state index in [1.54, 1.807) is 0 Å². The van der Waals surface area contributed by atoms with Gasteiger partial charge in [-0.15, -0.1) is 0 Å². The van der Waals surface area contributed by atoms with Crippen molar-refractivity contribution in [3.63, 3.8) is 0 Å². The fourth-order valence-electron chi connectivity index (χ4n) is 2.85. The average Bonchev–Trinajstić information content (AvgIpc) is 3.14. The minimum Gasteiger partial charge on any atom is -0.494 e. The number of benzene rings is 1. The van der Waals surface area contributed by atoms with Crippen LogP contribution >= 0.6 is 0 Å². The normalized spacial score (nSPS) is 13.8. The molecule has 1 amide bonds. The Bertz CT molecular complexity index is 776. The fraction of sp³-hybridized carbons (Fsp3) is 0.389. The van der Waals surface area contributed by atoms with E-state index < -0.39 is 5.82 Å². The van der Waals surface area contributed by atoms with E-state index in [2.05, 4.69) is 20.2 Å². The van der Waals surface area contributed by atoms with Crippen molar-refractivity contribution in [3.8, 4) is 5.75 Å². The summed E-state index contributed by atoms with van der Waals surface area (Å²) in [4.78, 5) is 23.4. The topological polar surface area (TPSA) is 67.3 Å². The van der Waals surface area contributed by atoms with Crippen LogP contribution in [0.4, 0.5) is 10.3 Å². The quantitative estimate of drug-likeness (QED) is 0.902. The standard InChI is InChI=1S/C18H21FN4O2/c1-12-9-14(22-18(21-12)23-7-3-4-8-23)11-20-17(24)13-5-6-16(25-2)15(19)10-13/h5-6,9-10H,3-4,7-8,11H2,1-2H3,(H,20,24). The minimum absolute atomic E-state index is 0.109. The van der Waals surface area contributed by atoms with Crippen LogP contribution in [0.3, 0.4) is 0 Å². The zero-order valence-electron chi connectivity index (χ0n) is 14.4. The second kappa shape index (κ2) is 7.46. The molecular weight excluding hydrogens is 323 g/mol. The van der Waals surface area contributed by atoms with Gasteiger partial charge in [0.1, 0.15) is 0 Å². The fourth-order valence-corrected chi connectivity index (χ4v) is 2.85. The van der Waals surface area contributed by atoms with Crippen molar-refractivity contribution in [2.45, 2.75) is 26.3 Å². The molecule has 2 heterocycles. The molecule has 25 heavy (non-hydrogen) atoms. The molecule has 0 unspecified atom stereocenters. The van der Waals surface area contributed by atoms with Gasteiger partial charge in [0.2, 0.25) is 5.95 Å². The number of amides is 1. The van der Waals surface area contributed by atoms with Crippen LogP contribution in [-0.4, -0.2) is 36.1 Å². The molecule has 1 N–H and O–H groups in total. The molecule has 132 valence electrons. The van der Waals surface area contributed by atoms with Crippen molar-refractivity contribution in [2.24, 2.45) is 0 Å². The van der Waals surface area contributed by atoms with Crippen LogP contribution in [0.1, 0.15) is 34.6 Å². The van der Waals surface area contributed by atoms with E-state index in [0.717, 1.165) is 43.4 Å². The van der Waals surface area contributed by atoms with Gasteiger partial charge in [0.15, 0.2) is 11.6 Å². The molecule has 0 atom stereocenters. The van der Waals surface area contributed by atoms with Gasteiger partial charge in [0.25, 0.3) is 5.91 Å². The first-order chi connectivity index (χ1) is 12.1. The maximum Gasteiger partial charge on any atom is 0.251 e. The highest BCUT2D eigenvalue weighted by molar-refractivity contribution is 5.94. The van der Waals surface area contributed by atoms with Gasteiger partial charge >= 0.3 is 0 Å². The number of ether oxygens (including phenoxy) is 1. The summed E-state index contributed by atoms with van der Waals surface area (Å²) in [5, 5.41) is 2.77. The highest BCUT2D eigenvalue weighted by atomic mass is 19.1. The maximum absolute atomic E-state index is 13.7. The third-order valence-corrected chi connectivity index (χ3v) is 4.13. The summed E-state index contributed by atoms with van der Waals surface area (Å²) < 4.78 is 18.6. The lowest BCUT2D eigenvalue weighted by molar-refractivity contribution is 0.0950. The summed E-state index contributed by atoms with van der Waals surface area (Å²) in [6.07, 6.45) is 2.29. The van der Waals surface area contributed by atoms with Crippen LogP contribution in [0.25, 0.3) is 0 Å². The molecule has 3 rings (SSSR count). The molecule has 0 radical (unpaired) electrons. The Balaban J connectivity index is 1.68. The number of hydrogen-bond acceptors (Lipinski definition) is 5. The number of carbonyl (C=O) groups excluding carboxylic acids is 1. The Morgan fingerprint density at radius 2 is 2.04 bits per heavy atom. The van der Waals surface area contributed by atoms with Gasteiger partial charge in [-0.25, -0.2) is 14.4 Å². The molecule has 1 aromatic heterocycles. The SMILES string of the molecule is COc1ccc(C(=O)NCc2cc(C)nc(N3CCCC3)n2)cc1F. The van der Waals surface area contributed by atoms with E-state index in [1.165, 1.54) is 19.2 Å². The number of carbonyl (C=O) groups is 1. The lowest BCUT2D eigenvalue weighted by atomic mass is 10.2. The number of methoxy groups -OCH3 is 1. The number of halogens is 1. The molecule has 1 fully saturated rings. The second-order valence-corrected chi connectivity index (χ2v) is 6.03. The Hall–Kier alpha value is -2.70. The summed E-state index contributed by atoms with van der Waals surface area (Å²) in [6.45, 7) is 4.09. The molecule has 6 nitrogen and oxygen atoms in total. The number of hydrogen-bond donors (Lipinski definition) is 1. The molecular formula is C18H21FN4O2. The van der Waals surface area contributed by atoms with E-state index in [1.807, 2.05) is 13.0 Å². The molecule has 1 aliphatic heterocycles. The Morgan fingerprint density at radius 3 is 2.72 bits per heavy atom. The number of aryl methyl sites for hydroxylation is 1. The highest BCUT2D eigenvalue weighted by Crippen LogP contribution is 2.18. The number of rotatable bonds is 5. The van der Waals surface area contributed by atoms with E-state index in [9.17, 15) is 9.18 Å². The van der Waals surface area contributed by atoms with Crippen LogP contribution in [0.2, 0.25) is 0 Å². The Labute approximate surface area is 146 Å². The molecule has 0 aliphatic carbocycles. The van der Waals surface area contributed by atoms with Crippen LogP contribution in [-0.2, 0) is 6.54 Å². The molecule has 0 spiro atoms. The summed E-state index contributed by atoms with van der Waals surface area (Å²) >= 11 is 0. The first kappa shape index (κ1) is 17.1. The van der Waals surface area contributed by atoms with Crippen molar-refractivity contribution in [3.05, 3.63) is 47.0 Å². The molecule has 1 saturated heterocycles. The predicted octanol–water partition coefficient (Wildman–Crippen LogP) is 2.46. The van der Waals surface area contributed by atoms with Gasteiger partial charge in [-0.3, -0.25) is 4.79 Å². The monoisotopic (exact) mass is 344 g/mol. The van der Waals surface area contributed by atoms with Crippen LogP contribution in [0.15, 0.2) is 24.3 Å². The first-order valence-electron chi connectivity index (χ1n) is 8.28. The first-order valence-corrected chi connectivity index (χ1v) is 8.28. The maximum atomic E-state index is 13.7. The summed E-state index contributed by atoms with van der Waals surface area (Å²) in [5.41, 5.74) is 1.83. The van der Waals surface area contributed by atoms with Crippen molar-refractivity contribution >= 4 is 11.9 Å². The third-order valence-electron chi connectivity index (χ3n) is 4.13. The van der Waals surface area contributed by atoms with Crippen LogP contribution in [0.5, 0.6) is 5.75 Å². The largest absolute Gasteiger partial charge is 0.494 e. The highest BCUT2D eigenvalue weighted by Gasteiger charge is 2.16. The summed E-state index contributed by atoms with van der Waals surface area (Å²) in [7, 11) is 1.38. The van der Waals surface area contributed by atoms with Gasteiger partial charge in [0, 0.05) is 24.3 Å². The second-order valence-electron chi connectivity index (χ2n) is 6.03. The van der Waals surface area contributed by atoms with E-state index in [0.29, 0.717) is 5.95 Å². The van der Waals surface area contributed by atoms with Crippen LogP contribution < -0.4 is 15.0 Å². The van der Waals surface area contributed by atoms with Gasteiger partial charge in [-0.05, 0) is 44.0 Å². The number of nitrogens with zero attached hydrogens (tertiary/aromatic N) is 3. The van der Waals surface area contributed by atoms with Crippen molar-refractivity contribution in [2.75, 3.05) is 25.1 Å². The van der Waals surface area contributed by atoms with Crippen molar-refractivity contribution in [1.82, 2.24) is 15.3 Å².